The Balaban J connectivity index is 2.73. The second kappa shape index (κ2) is 6.26. The van der Waals surface area contributed by atoms with Crippen LogP contribution in [0, 0.1) is 5.92 Å². The first-order chi connectivity index (χ1) is 7.60. The van der Waals surface area contributed by atoms with Crippen molar-refractivity contribution < 1.29 is 0 Å². The van der Waals surface area contributed by atoms with E-state index in [2.05, 4.69) is 38.1 Å². The first kappa shape index (κ1) is 13.5. The minimum Gasteiger partial charge on any atom is -0.311 e. The van der Waals surface area contributed by atoms with Crippen molar-refractivity contribution in [3.05, 3.63) is 16.4 Å². The molecule has 0 saturated heterocycles. The lowest BCUT2D eigenvalue weighted by Crippen LogP contribution is -2.21. The van der Waals surface area contributed by atoms with E-state index in [1.54, 1.807) is 0 Å². The Morgan fingerprint density at radius 2 is 2.06 bits per heavy atom. The number of halogens is 1. The van der Waals surface area contributed by atoms with E-state index in [1.165, 1.54) is 0 Å². The summed E-state index contributed by atoms with van der Waals surface area (Å²) >= 11 is 6.30. The van der Waals surface area contributed by atoms with Gasteiger partial charge in [0.05, 0.1) is 16.4 Å². The van der Waals surface area contributed by atoms with Gasteiger partial charge in [0, 0.05) is 13.1 Å². The second-order valence-electron chi connectivity index (χ2n) is 4.40. The van der Waals surface area contributed by atoms with Crippen LogP contribution in [0.15, 0.2) is 0 Å². The highest BCUT2D eigenvalue weighted by molar-refractivity contribution is 6.31. The third-order valence-corrected chi connectivity index (χ3v) is 2.98. The topological polar surface area (TPSA) is 29.9 Å². The standard InChI is InChI=1S/C12H22ClN3/c1-5-10-12(13)11(16(6-2)15-10)8-14-7-9(3)4/h9,14H,5-8H2,1-4H3. The van der Waals surface area contributed by atoms with Gasteiger partial charge in [-0.2, -0.15) is 5.10 Å². The van der Waals surface area contributed by atoms with Crippen molar-refractivity contribution in [1.29, 1.82) is 0 Å². The number of aromatic nitrogens is 2. The molecule has 1 heterocycles. The van der Waals surface area contributed by atoms with Gasteiger partial charge in [-0.25, -0.2) is 0 Å². The van der Waals surface area contributed by atoms with Crippen molar-refractivity contribution in [2.75, 3.05) is 6.54 Å². The molecule has 0 fully saturated rings. The van der Waals surface area contributed by atoms with E-state index in [0.717, 1.165) is 42.5 Å². The van der Waals surface area contributed by atoms with E-state index in [9.17, 15) is 0 Å². The van der Waals surface area contributed by atoms with E-state index in [4.69, 9.17) is 11.6 Å². The lowest BCUT2D eigenvalue weighted by Gasteiger charge is -2.09. The van der Waals surface area contributed by atoms with Crippen LogP contribution in [0.4, 0.5) is 0 Å². The van der Waals surface area contributed by atoms with Gasteiger partial charge in [0.25, 0.3) is 0 Å². The fraction of sp³-hybridized carbons (Fsp3) is 0.750. The van der Waals surface area contributed by atoms with E-state index < -0.39 is 0 Å². The largest absolute Gasteiger partial charge is 0.311 e. The molecule has 1 aromatic heterocycles. The Labute approximate surface area is 103 Å². The average molecular weight is 244 g/mol. The molecule has 1 aromatic rings. The van der Waals surface area contributed by atoms with Crippen molar-refractivity contribution in [1.82, 2.24) is 15.1 Å². The predicted molar refractivity (Wildman–Crippen MR) is 68.8 cm³/mol. The van der Waals surface area contributed by atoms with Crippen LogP contribution < -0.4 is 5.32 Å². The maximum atomic E-state index is 6.30. The molecule has 0 bridgehead atoms. The molecule has 1 rings (SSSR count). The fourth-order valence-corrected chi connectivity index (χ4v) is 2.00. The molecule has 1 N–H and O–H groups in total. The molecule has 0 aromatic carbocycles. The van der Waals surface area contributed by atoms with Crippen molar-refractivity contribution in [3.63, 3.8) is 0 Å². The van der Waals surface area contributed by atoms with Gasteiger partial charge in [0.15, 0.2) is 0 Å². The Morgan fingerprint density at radius 1 is 1.38 bits per heavy atom. The minimum atomic E-state index is 0.655. The summed E-state index contributed by atoms with van der Waals surface area (Å²) in [5.74, 6) is 0.655. The van der Waals surface area contributed by atoms with Crippen LogP contribution in [0.3, 0.4) is 0 Å². The van der Waals surface area contributed by atoms with Gasteiger partial charge in [-0.1, -0.05) is 32.4 Å². The van der Waals surface area contributed by atoms with Crippen LogP contribution >= 0.6 is 11.6 Å². The van der Waals surface area contributed by atoms with Crippen molar-refractivity contribution >= 4 is 11.6 Å². The van der Waals surface area contributed by atoms with Crippen LogP contribution in [0.25, 0.3) is 0 Å². The van der Waals surface area contributed by atoms with Gasteiger partial charge >= 0.3 is 0 Å². The van der Waals surface area contributed by atoms with Crippen LogP contribution in [-0.4, -0.2) is 16.3 Å². The Morgan fingerprint density at radius 3 is 2.56 bits per heavy atom. The number of nitrogens with zero attached hydrogens (tertiary/aromatic N) is 2. The van der Waals surface area contributed by atoms with E-state index in [1.807, 2.05) is 4.68 Å². The maximum Gasteiger partial charge on any atom is 0.0863 e. The highest BCUT2D eigenvalue weighted by Crippen LogP contribution is 2.21. The summed E-state index contributed by atoms with van der Waals surface area (Å²) < 4.78 is 1.99. The summed E-state index contributed by atoms with van der Waals surface area (Å²) in [6.07, 6.45) is 0.892. The highest BCUT2D eigenvalue weighted by atomic mass is 35.5. The summed E-state index contributed by atoms with van der Waals surface area (Å²) in [4.78, 5) is 0. The first-order valence-corrected chi connectivity index (χ1v) is 6.42. The van der Waals surface area contributed by atoms with Gasteiger partial charge in [-0.3, -0.25) is 4.68 Å². The van der Waals surface area contributed by atoms with Gasteiger partial charge in [-0.15, -0.1) is 0 Å². The molecule has 0 spiro atoms. The smallest absolute Gasteiger partial charge is 0.0863 e. The van der Waals surface area contributed by atoms with Gasteiger partial charge in [-0.05, 0) is 25.8 Å². The molecule has 92 valence electrons. The van der Waals surface area contributed by atoms with Crippen LogP contribution in [0.1, 0.15) is 39.1 Å². The number of hydrogen-bond acceptors (Lipinski definition) is 2. The summed E-state index contributed by atoms with van der Waals surface area (Å²) in [6.45, 7) is 11.3. The van der Waals surface area contributed by atoms with E-state index in [-0.39, 0.29) is 0 Å². The summed E-state index contributed by atoms with van der Waals surface area (Å²) in [5, 5.41) is 8.73. The zero-order valence-corrected chi connectivity index (χ0v) is 11.4. The minimum absolute atomic E-state index is 0.655. The van der Waals surface area contributed by atoms with Crippen molar-refractivity contribution in [2.24, 2.45) is 5.92 Å². The summed E-state index contributed by atoms with van der Waals surface area (Å²) in [5.41, 5.74) is 2.12. The zero-order valence-electron chi connectivity index (χ0n) is 10.7. The number of aryl methyl sites for hydroxylation is 2. The monoisotopic (exact) mass is 243 g/mol. The Kier molecular flexibility index (Phi) is 5.29. The molecule has 4 heteroatoms. The molecule has 0 unspecified atom stereocenters. The van der Waals surface area contributed by atoms with E-state index >= 15 is 0 Å². The Bertz CT molecular complexity index is 331. The fourth-order valence-electron chi connectivity index (χ4n) is 1.67. The molecule has 0 atom stereocenters. The molecule has 0 aliphatic heterocycles. The van der Waals surface area contributed by atoms with Crippen molar-refractivity contribution in [3.8, 4) is 0 Å². The van der Waals surface area contributed by atoms with Gasteiger partial charge in [0.2, 0.25) is 0 Å². The van der Waals surface area contributed by atoms with Gasteiger partial charge in [0.1, 0.15) is 0 Å². The number of nitrogens with one attached hydrogen (secondary N) is 1. The number of rotatable bonds is 6. The normalized spacial score (nSPS) is 11.4. The molecule has 3 nitrogen and oxygen atoms in total. The quantitative estimate of drug-likeness (QED) is 0.833. The third-order valence-electron chi connectivity index (χ3n) is 2.54. The number of hydrogen-bond donors (Lipinski definition) is 1. The van der Waals surface area contributed by atoms with Gasteiger partial charge < -0.3 is 5.32 Å². The van der Waals surface area contributed by atoms with Crippen molar-refractivity contribution in [2.45, 2.75) is 47.2 Å². The van der Waals surface area contributed by atoms with E-state index in [0.29, 0.717) is 5.92 Å². The Hall–Kier alpha value is -0.540. The molecular weight excluding hydrogens is 222 g/mol. The SMILES string of the molecule is CCc1nn(CC)c(CNCC(C)C)c1Cl. The molecule has 0 radical (unpaired) electrons. The van der Waals surface area contributed by atoms with Crippen LogP contribution in [-0.2, 0) is 19.5 Å². The highest BCUT2D eigenvalue weighted by Gasteiger charge is 2.13. The molecule has 0 saturated carbocycles. The average Bonchev–Trinajstić information content (AvgIpc) is 2.55. The zero-order chi connectivity index (χ0) is 12.1. The molecular formula is C12H22ClN3. The molecule has 0 amide bonds. The molecule has 0 aliphatic carbocycles. The van der Waals surface area contributed by atoms with Crippen LogP contribution in [0.2, 0.25) is 5.02 Å². The molecule has 0 aliphatic rings. The second-order valence-corrected chi connectivity index (χ2v) is 4.78. The predicted octanol–water partition coefficient (Wildman–Crippen LogP) is 2.86. The molecule has 16 heavy (non-hydrogen) atoms. The van der Waals surface area contributed by atoms with Crippen LogP contribution in [0.5, 0.6) is 0 Å². The lowest BCUT2D eigenvalue weighted by molar-refractivity contribution is 0.525. The third kappa shape index (κ3) is 3.22. The summed E-state index contributed by atoms with van der Waals surface area (Å²) in [7, 11) is 0. The first-order valence-electron chi connectivity index (χ1n) is 6.04. The lowest BCUT2D eigenvalue weighted by atomic mass is 10.2. The maximum absolute atomic E-state index is 6.30. The summed E-state index contributed by atoms with van der Waals surface area (Å²) in [6, 6.07) is 0.